The van der Waals surface area contributed by atoms with Crippen molar-refractivity contribution in [2.24, 2.45) is 0 Å². The van der Waals surface area contributed by atoms with Crippen LogP contribution in [0.2, 0.25) is 0 Å². The highest BCUT2D eigenvalue weighted by Crippen LogP contribution is 2.38. The van der Waals surface area contributed by atoms with Crippen LogP contribution in [-0.4, -0.2) is 41.9 Å². The van der Waals surface area contributed by atoms with Crippen LogP contribution in [0.5, 0.6) is 0 Å². The highest BCUT2D eigenvalue weighted by molar-refractivity contribution is 8.00. The van der Waals surface area contributed by atoms with Gasteiger partial charge >= 0.3 is 0 Å². The summed E-state index contributed by atoms with van der Waals surface area (Å²) in [5, 5.41) is 4.64. The van der Waals surface area contributed by atoms with Crippen LogP contribution in [-0.2, 0) is 6.42 Å². The molecule has 4 rings (SSSR count). The van der Waals surface area contributed by atoms with Gasteiger partial charge in [0.2, 0.25) is 0 Å². The highest BCUT2D eigenvalue weighted by atomic mass is 32.2. The predicted octanol–water partition coefficient (Wildman–Crippen LogP) is 3.31. The summed E-state index contributed by atoms with van der Waals surface area (Å²) in [6.45, 7) is 5.04. The van der Waals surface area contributed by atoms with E-state index in [4.69, 9.17) is 0 Å². The van der Waals surface area contributed by atoms with E-state index in [1.54, 1.807) is 5.56 Å². The van der Waals surface area contributed by atoms with Crippen LogP contribution in [0.15, 0.2) is 29.2 Å². The Kier molecular flexibility index (Phi) is 3.99. The Bertz CT molecular complexity index is 471. The lowest BCUT2D eigenvalue weighted by Crippen LogP contribution is -2.50. The van der Waals surface area contributed by atoms with E-state index in [2.05, 4.69) is 46.2 Å². The standard InChI is InChI=1S/C18H26N2S/c1-2-7-17-15(6-1)12-16(21-17)13-20-11-5-10-19-18(14-20)8-3-4-9-18/h1-2,6-7,16,19H,3-5,8-14H2. The molecule has 1 aromatic rings. The lowest BCUT2D eigenvalue weighted by molar-refractivity contribution is 0.211. The van der Waals surface area contributed by atoms with E-state index >= 15 is 0 Å². The molecule has 1 aromatic carbocycles. The molecule has 1 saturated carbocycles. The largest absolute Gasteiger partial charge is 0.310 e. The van der Waals surface area contributed by atoms with Crippen LogP contribution >= 0.6 is 11.8 Å². The Balaban J connectivity index is 1.40. The second-order valence-corrected chi connectivity index (χ2v) is 8.40. The predicted molar refractivity (Wildman–Crippen MR) is 90.0 cm³/mol. The van der Waals surface area contributed by atoms with Gasteiger partial charge < -0.3 is 10.2 Å². The summed E-state index contributed by atoms with van der Waals surface area (Å²) in [7, 11) is 0. The van der Waals surface area contributed by atoms with Gasteiger partial charge in [-0.15, -0.1) is 11.8 Å². The molecule has 2 fully saturated rings. The summed E-state index contributed by atoms with van der Waals surface area (Å²) in [6, 6.07) is 8.97. The first-order valence-electron chi connectivity index (χ1n) is 8.55. The molecule has 1 spiro atoms. The van der Waals surface area contributed by atoms with Gasteiger partial charge in [0, 0.05) is 28.8 Å². The normalized spacial score (nSPS) is 28.7. The van der Waals surface area contributed by atoms with Gasteiger partial charge in [-0.1, -0.05) is 31.0 Å². The molecule has 1 aliphatic carbocycles. The fourth-order valence-corrected chi connectivity index (χ4v) is 5.77. The lowest BCUT2D eigenvalue weighted by atomic mass is 9.97. The first-order chi connectivity index (χ1) is 10.3. The maximum Gasteiger partial charge on any atom is 0.0308 e. The fourth-order valence-electron chi connectivity index (χ4n) is 4.41. The van der Waals surface area contributed by atoms with Gasteiger partial charge in [0.05, 0.1) is 0 Å². The first kappa shape index (κ1) is 14.1. The number of nitrogens with one attached hydrogen (secondary N) is 1. The molecular weight excluding hydrogens is 276 g/mol. The molecule has 1 unspecified atom stereocenters. The second-order valence-electron chi connectivity index (χ2n) is 7.05. The Morgan fingerprint density at radius 2 is 2.05 bits per heavy atom. The quantitative estimate of drug-likeness (QED) is 0.902. The van der Waals surface area contributed by atoms with E-state index in [9.17, 15) is 0 Å². The average molecular weight is 302 g/mol. The van der Waals surface area contributed by atoms with Gasteiger partial charge in [-0.25, -0.2) is 0 Å². The zero-order valence-corrected chi connectivity index (χ0v) is 13.6. The Hall–Kier alpha value is -0.510. The maximum absolute atomic E-state index is 3.88. The molecule has 2 heterocycles. The van der Waals surface area contributed by atoms with Gasteiger partial charge in [-0.3, -0.25) is 0 Å². The molecule has 114 valence electrons. The van der Waals surface area contributed by atoms with Crippen molar-refractivity contribution < 1.29 is 0 Å². The van der Waals surface area contributed by atoms with E-state index in [-0.39, 0.29) is 0 Å². The summed E-state index contributed by atoms with van der Waals surface area (Å²) in [5.74, 6) is 0. The van der Waals surface area contributed by atoms with Crippen molar-refractivity contribution in [2.45, 2.75) is 54.2 Å². The topological polar surface area (TPSA) is 15.3 Å². The molecule has 2 nitrogen and oxygen atoms in total. The molecule has 21 heavy (non-hydrogen) atoms. The van der Waals surface area contributed by atoms with Crippen LogP contribution in [0.3, 0.4) is 0 Å². The number of nitrogens with zero attached hydrogens (tertiary/aromatic N) is 1. The third-order valence-corrected chi connectivity index (χ3v) is 6.71. The van der Waals surface area contributed by atoms with Crippen LogP contribution in [0.4, 0.5) is 0 Å². The number of benzene rings is 1. The number of fused-ring (bicyclic) bond motifs is 1. The Morgan fingerprint density at radius 3 is 2.90 bits per heavy atom. The van der Waals surface area contributed by atoms with Gasteiger partial charge in [-0.2, -0.15) is 0 Å². The minimum absolute atomic E-state index is 0.451. The summed E-state index contributed by atoms with van der Waals surface area (Å²) < 4.78 is 0. The third kappa shape index (κ3) is 3.01. The average Bonchev–Trinajstić information content (AvgIpc) is 3.04. The van der Waals surface area contributed by atoms with Crippen molar-refractivity contribution in [3.63, 3.8) is 0 Å². The second kappa shape index (κ2) is 5.94. The van der Waals surface area contributed by atoms with Crippen molar-refractivity contribution >= 4 is 11.8 Å². The first-order valence-corrected chi connectivity index (χ1v) is 9.43. The highest BCUT2D eigenvalue weighted by Gasteiger charge is 2.37. The van der Waals surface area contributed by atoms with Crippen molar-refractivity contribution in [3.8, 4) is 0 Å². The van der Waals surface area contributed by atoms with Crippen LogP contribution in [0.1, 0.15) is 37.7 Å². The molecule has 3 heteroatoms. The molecule has 0 bridgehead atoms. The van der Waals surface area contributed by atoms with Crippen molar-refractivity contribution in [1.29, 1.82) is 0 Å². The molecule has 0 aromatic heterocycles. The zero-order chi connectivity index (χ0) is 14.1. The van der Waals surface area contributed by atoms with E-state index in [0.717, 1.165) is 5.25 Å². The zero-order valence-electron chi connectivity index (χ0n) is 12.8. The smallest absolute Gasteiger partial charge is 0.0308 e. The summed E-state index contributed by atoms with van der Waals surface area (Å²) in [5.41, 5.74) is 2.02. The summed E-state index contributed by atoms with van der Waals surface area (Å²) >= 11 is 2.11. The van der Waals surface area contributed by atoms with Gasteiger partial charge in [0.25, 0.3) is 0 Å². The van der Waals surface area contributed by atoms with Crippen molar-refractivity contribution in [2.75, 3.05) is 26.2 Å². The van der Waals surface area contributed by atoms with E-state index in [1.807, 2.05) is 0 Å². The van der Waals surface area contributed by atoms with Crippen molar-refractivity contribution in [3.05, 3.63) is 29.8 Å². The van der Waals surface area contributed by atoms with Crippen LogP contribution in [0.25, 0.3) is 0 Å². The number of rotatable bonds is 2. The van der Waals surface area contributed by atoms with E-state index < -0.39 is 0 Å². The fraction of sp³-hybridized carbons (Fsp3) is 0.667. The molecule has 0 radical (unpaired) electrons. The minimum atomic E-state index is 0.451. The van der Waals surface area contributed by atoms with Crippen LogP contribution in [0, 0.1) is 0 Å². The Morgan fingerprint density at radius 1 is 1.19 bits per heavy atom. The van der Waals surface area contributed by atoms with E-state index in [0.29, 0.717) is 5.54 Å². The van der Waals surface area contributed by atoms with E-state index in [1.165, 1.54) is 69.6 Å². The molecule has 1 saturated heterocycles. The SMILES string of the molecule is c1ccc2c(c1)CC(CN1CCCNC3(CCCC3)C1)S2. The lowest BCUT2D eigenvalue weighted by Gasteiger charge is -2.34. The molecule has 0 amide bonds. The molecule has 1 atom stereocenters. The third-order valence-electron chi connectivity index (χ3n) is 5.41. The number of thioether (sulfide) groups is 1. The number of hydrogen-bond donors (Lipinski definition) is 1. The van der Waals surface area contributed by atoms with Crippen LogP contribution < -0.4 is 5.32 Å². The Labute approximate surface area is 132 Å². The molecular formula is C18H26N2S. The maximum atomic E-state index is 3.88. The van der Waals surface area contributed by atoms with Gasteiger partial charge in [-0.05, 0) is 50.4 Å². The monoisotopic (exact) mass is 302 g/mol. The van der Waals surface area contributed by atoms with Gasteiger partial charge in [0.1, 0.15) is 0 Å². The molecule has 1 N–H and O–H groups in total. The molecule has 3 aliphatic rings. The number of hydrogen-bond acceptors (Lipinski definition) is 3. The summed E-state index contributed by atoms with van der Waals surface area (Å²) in [4.78, 5) is 4.28. The molecule has 2 aliphatic heterocycles. The van der Waals surface area contributed by atoms with Crippen molar-refractivity contribution in [1.82, 2.24) is 10.2 Å². The van der Waals surface area contributed by atoms with Gasteiger partial charge in [0.15, 0.2) is 0 Å². The summed E-state index contributed by atoms with van der Waals surface area (Å²) in [6.07, 6.45) is 8.20. The minimum Gasteiger partial charge on any atom is -0.310 e.